The second-order valence-electron chi connectivity index (χ2n) is 6.43. The predicted octanol–water partition coefficient (Wildman–Crippen LogP) is 2.27. The summed E-state index contributed by atoms with van der Waals surface area (Å²) in [4.78, 5) is 16.3. The molecule has 0 bridgehead atoms. The van der Waals surface area contributed by atoms with Crippen molar-refractivity contribution in [1.29, 1.82) is 0 Å². The van der Waals surface area contributed by atoms with E-state index in [0.717, 1.165) is 0 Å². The summed E-state index contributed by atoms with van der Waals surface area (Å²) in [6.45, 7) is 1.34. The van der Waals surface area contributed by atoms with Gasteiger partial charge in [-0.3, -0.25) is 4.99 Å². The molecule has 1 fully saturated rings. The van der Waals surface area contributed by atoms with Crippen molar-refractivity contribution in [2.24, 2.45) is 4.99 Å². The molecule has 1 N–H and O–H groups in total. The van der Waals surface area contributed by atoms with Gasteiger partial charge in [0, 0.05) is 24.7 Å². The molecular weight excluding hydrogens is 396 g/mol. The molecule has 9 heteroatoms. The van der Waals surface area contributed by atoms with Gasteiger partial charge in [-0.1, -0.05) is 24.3 Å². The van der Waals surface area contributed by atoms with Crippen LogP contribution in [0.1, 0.15) is 5.56 Å². The normalized spacial score (nSPS) is 15.9. The molecule has 2 heterocycles. The molecule has 150 valence electrons. The zero-order chi connectivity index (χ0) is 20.4. The zero-order valence-electron chi connectivity index (χ0n) is 15.3. The number of fused-ring (bicyclic) bond motifs is 1. The van der Waals surface area contributed by atoms with Gasteiger partial charge in [-0.15, -0.1) is 0 Å². The number of sulfonamides is 1. The molecule has 1 aromatic heterocycles. The van der Waals surface area contributed by atoms with E-state index in [2.05, 4.69) is 4.99 Å². The van der Waals surface area contributed by atoms with E-state index in [-0.39, 0.29) is 10.5 Å². The van der Waals surface area contributed by atoms with Crippen LogP contribution in [-0.4, -0.2) is 50.3 Å². The summed E-state index contributed by atoms with van der Waals surface area (Å²) >= 11 is 0. The topological polar surface area (TPSA) is 109 Å². The molecule has 1 aliphatic heterocycles. The van der Waals surface area contributed by atoms with E-state index in [1.54, 1.807) is 36.4 Å². The van der Waals surface area contributed by atoms with Crippen molar-refractivity contribution >= 4 is 32.7 Å². The van der Waals surface area contributed by atoms with E-state index in [1.807, 2.05) is 0 Å². The van der Waals surface area contributed by atoms with E-state index in [0.29, 0.717) is 42.8 Å². The van der Waals surface area contributed by atoms with E-state index < -0.39 is 21.6 Å². The third-order valence-corrected chi connectivity index (χ3v) is 6.52. The first-order valence-electron chi connectivity index (χ1n) is 8.94. The second kappa shape index (κ2) is 7.78. The molecule has 0 amide bonds. The Labute approximate surface area is 166 Å². The Morgan fingerprint density at radius 2 is 1.76 bits per heavy atom. The van der Waals surface area contributed by atoms with Crippen molar-refractivity contribution in [1.82, 2.24) is 4.31 Å². The van der Waals surface area contributed by atoms with Crippen LogP contribution >= 0.6 is 0 Å². The number of benzene rings is 2. The summed E-state index contributed by atoms with van der Waals surface area (Å²) in [7, 11) is -3.65. The third-order valence-electron chi connectivity index (χ3n) is 4.63. The van der Waals surface area contributed by atoms with Crippen molar-refractivity contribution in [3.63, 3.8) is 0 Å². The predicted molar refractivity (Wildman–Crippen MR) is 107 cm³/mol. The largest absolute Gasteiger partial charge is 0.480 e. The van der Waals surface area contributed by atoms with Gasteiger partial charge in [-0.05, 0) is 24.3 Å². The van der Waals surface area contributed by atoms with Gasteiger partial charge in [0.05, 0.1) is 34.7 Å². The summed E-state index contributed by atoms with van der Waals surface area (Å²) in [6, 6.07) is 12.9. The number of rotatable bonds is 4. The van der Waals surface area contributed by atoms with Gasteiger partial charge in [0.25, 0.3) is 5.95 Å². The van der Waals surface area contributed by atoms with Crippen LogP contribution in [-0.2, 0) is 14.8 Å². The standard InChI is InChI=1S/C20H18N2O6S/c23-19-17-7-2-1-6-16(17)18(20(24)28-19)13-21-14-4-3-5-15(12-14)29(25,26)22-8-10-27-11-9-22/h1-7,12-13,24H,8-11H2. The zero-order valence-corrected chi connectivity index (χ0v) is 16.1. The van der Waals surface area contributed by atoms with Crippen molar-refractivity contribution < 1.29 is 22.7 Å². The highest BCUT2D eigenvalue weighted by molar-refractivity contribution is 7.89. The van der Waals surface area contributed by atoms with Crippen LogP contribution in [0.4, 0.5) is 5.69 Å². The fourth-order valence-corrected chi connectivity index (χ4v) is 4.58. The maximum Gasteiger partial charge on any atom is 0.346 e. The first-order valence-corrected chi connectivity index (χ1v) is 10.4. The summed E-state index contributed by atoms with van der Waals surface area (Å²) < 4.78 is 37.1. The lowest BCUT2D eigenvalue weighted by molar-refractivity contribution is 0.0730. The van der Waals surface area contributed by atoms with E-state index in [4.69, 9.17) is 9.15 Å². The fraction of sp³-hybridized carbons (Fsp3) is 0.200. The molecule has 8 nitrogen and oxygen atoms in total. The number of morpholine rings is 1. The lowest BCUT2D eigenvalue weighted by Gasteiger charge is -2.26. The van der Waals surface area contributed by atoms with Crippen molar-refractivity contribution in [2.45, 2.75) is 4.90 Å². The average Bonchev–Trinajstić information content (AvgIpc) is 2.74. The molecule has 0 saturated carbocycles. The lowest BCUT2D eigenvalue weighted by atomic mass is 10.1. The monoisotopic (exact) mass is 414 g/mol. The Morgan fingerprint density at radius 3 is 2.52 bits per heavy atom. The van der Waals surface area contributed by atoms with Crippen molar-refractivity contribution in [2.75, 3.05) is 26.3 Å². The number of aliphatic imine (C=N–C) groups is 1. The van der Waals surface area contributed by atoms with Crippen LogP contribution in [0.2, 0.25) is 0 Å². The minimum absolute atomic E-state index is 0.128. The van der Waals surface area contributed by atoms with E-state index >= 15 is 0 Å². The summed E-state index contributed by atoms with van der Waals surface area (Å²) in [5.41, 5.74) is -0.0236. The van der Waals surface area contributed by atoms with Gasteiger partial charge < -0.3 is 14.3 Å². The SMILES string of the molecule is O=c1oc(O)c(C=Nc2cccc(S(=O)(=O)N3CCOCC3)c2)c2ccccc12. The van der Waals surface area contributed by atoms with E-state index in [1.165, 1.54) is 22.7 Å². The number of nitrogens with zero attached hydrogens (tertiary/aromatic N) is 2. The van der Waals surface area contributed by atoms with Crippen molar-refractivity contribution in [3.05, 3.63) is 64.5 Å². The molecule has 29 heavy (non-hydrogen) atoms. The highest BCUT2D eigenvalue weighted by Gasteiger charge is 2.26. The summed E-state index contributed by atoms with van der Waals surface area (Å²) in [6.07, 6.45) is 1.35. The van der Waals surface area contributed by atoms with Crippen LogP contribution in [0.3, 0.4) is 0 Å². The minimum atomic E-state index is -3.65. The fourth-order valence-electron chi connectivity index (χ4n) is 3.13. The quantitative estimate of drug-likeness (QED) is 0.656. The third kappa shape index (κ3) is 3.80. The van der Waals surface area contributed by atoms with Gasteiger partial charge in [0.2, 0.25) is 10.0 Å². The smallest absolute Gasteiger partial charge is 0.346 e. The molecular formula is C20H18N2O6S. The Kier molecular flexibility index (Phi) is 5.18. The highest BCUT2D eigenvalue weighted by atomic mass is 32.2. The molecule has 0 spiro atoms. The molecule has 4 rings (SSSR count). The van der Waals surface area contributed by atoms with Crippen LogP contribution in [0.25, 0.3) is 10.8 Å². The molecule has 0 unspecified atom stereocenters. The Bertz CT molecular complexity index is 1240. The second-order valence-corrected chi connectivity index (χ2v) is 8.36. The first kappa shape index (κ1) is 19.3. The molecule has 1 saturated heterocycles. The molecule has 0 radical (unpaired) electrons. The Morgan fingerprint density at radius 1 is 1.03 bits per heavy atom. The number of ether oxygens (including phenoxy) is 1. The maximum absolute atomic E-state index is 12.8. The maximum atomic E-state index is 12.8. The van der Waals surface area contributed by atoms with Crippen LogP contribution < -0.4 is 5.63 Å². The van der Waals surface area contributed by atoms with Gasteiger partial charge in [0.1, 0.15) is 0 Å². The van der Waals surface area contributed by atoms with E-state index in [9.17, 15) is 18.3 Å². The van der Waals surface area contributed by atoms with Gasteiger partial charge in [-0.25, -0.2) is 13.2 Å². The number of hydrogen-bond acceptors (Lipinski definition) is 7. The average molecular weight is 414 g/mol. The number of hydrogen-bond donors (Lipinski definition) is 1. The van der Waals surface area contributed by atoms with Gasteiger partial charge in [0.15, 0.2) is 0 Å². The Balaban J connectivity index is 1.70. The molecule has 1 aliphatic rings. The van der Waals surface area contributed by atoms with Crippen molar-refractivity contribution in [3.8, 4) is 5.95 Å². The van der Waals surface area contributed by atoms with Gasteiger partial charge in [-0.2, -0.15) is 4.31 Å². The highest BCUT2D eigenvalue weighted by Crippen LogP contribution is 2.25. The molecule has 3 aromatic rings. The molecule has 0 aliphatic carbocycles. The minimum Gasteiger partial charge on any atom is -0.480 e. The lowest BCUT2D eigenvalue weighted by Crippen LogP contribution is -2.40. The molecule has 0 atom stereocenters. The van der Waals surface area contributed by atoms with Gasteiger partial charge >= 0.3 is 5.63 Å². The molecule has 2 aromatic carbocycles. The van der Waals surface area contributed by atoms with Crippen LogP contribution in [0.15, 0.2) is 67.6 Å². The van der Waals surface area contributed by atoms with Crippen LogP contribution in [0, 0.1) is 0 Å². The number of aromatic hydroxyl groups is 1. The first-order chi connectivity index (χ1) is 14.0. The van der Waals surface area contributed by atoms with Crippen LogP contribution in [0.5, 0.6) is 5.95 Å². The Hall–Kier alpha value is -3.01. The summed E-state index contributed by atoms with van der Waals surface area (Å²) in [5.74, 6) is -0.547. The summed E-state index contributed by atoms with van der Waals surface area (Å²) in [5, 5.41) is 10.9.